The van der Waals surface area contributed by atoms with Crippen molar-refractivity contribution in [2.45, 2.75) is 13.0 Å². The quantitative estimate of drug-likeness (QED) is 0.646. The SMILES string of the molecule is CC(=O)OC(c1ccc(Br)cc1)c1coc2ccccc2c1=O. The topological polar surface area (TPSA) is 56.5 Å². The number of para-hydroxylation sites is 1. The zero-order chi connectivity index (χ0) is 16.4. The van der Waals surface area contributed by atoms with E-state index in [9.17, 15) is 9.59 Å². The summed E-state index contributed by atoms with van der Waals surface area (Å²) in [6.45, 7) is 1.31. The lowest BCUT2D eigenvalue weighted by Crippen LogP contribution is -2.18. The molecule has 116 valence electrons. The van der Waals surface area contributed by atoms with Crippen molar-refractivity contribution in [2.24, 2.45) is 0 Å². The third kappa shape index (κ3) is 3.19. The van der Waals surface area contributed by atoms with Gasteiger partial charge in [-0.15, -0.1) is 0 Å². The summed E-state index contributed by atoms with van der Waals surface area (Å²) < 4.78 is 11.8. The minimum absolute atomic E-state index is 0.207. The lowest BCUT2D eigenvalue weighted by Gasteiger charge is -2.17. The zero-order valence-corrected chi connectivity index (χ0v) is 13.9. The smallest absolute Gasteiger partial charge is 0.303 e. The minimum atomic E-state index is -0.804. The van der Waals surface area contributed by atoms with E-state index in [0.717, 1.165) is 4.47 Å². The molecular formula is C18H13BrO4. The van der Waals surface area contributed by atoms with E-state index >= 15 is 0 Å². The third-order valence-electron chi connectivity index (χ3n) is 3.45. The highest BCUT2D eigenvalue weighted by atomic mass is 79.9. The molecule has 0 spiro atoms. The van der Waals surface area contributed by atoms with Crippen molar-refractivity contribution in [3.63, 3.8) is 0 Å². The van der Waals surface area contributed by atoms with Crippen LogP contribution in [0.2, 0.25) is 0 Å². The Hall–Kier alpha value is -2.40. The van der Waals surface area contributed by atoms with Gasteiger partial charge in [-0.2, -0.15) is 0 Å². The largest absolute Gasteiger partial charge is 0.464 e. The van der Waals surface area contributed by atoms with Crippen molar-refractivity contribution >= 4 is 32.9 Å². The Bertz CT molecular complexity index is 912. The third-order valence-corrected chi connectivity index (χ3v) is 3.97. The van der Waals surface area contributed by atoms with E-state index in [4.69, 9.17) is 9.15 Å². The van der Waals surface area contributed by atoms with Crippen molar-refractivity contribution < 1.29 is 13.9 Å². The number of rotatable bonds is 3. The molecule has 3 aromatic rings. The summed E-state index contributed by atoms with van der Waals surface area (Å²) in [6.07, 6.45) is 0.557. The van der Waals surface area contributed by atoms with Gasteiger partial charge >= 0.3 is 5.97 Å². The average Bonchev–Trinajstić information content (AvgIpc) is 2.54. The summed E-state index contributed by atoms with van der Waals surface area (Å²) in [5.74, 6) is -0.467. The first-order valence-corrected chi connectivity index (χ1v) is 7.78. The van der Waals surface area contributed by atoms with Crippen molar-refractivity contribution in [3.05, 3.63) is 80.6 Å². The maximum absolute atomic E-state index is 12.7. The van der Waals surface area contributed by atoms with E-state index in [1.807, 2.05) is 12.1 Å². The second-order valence-electron chi connectivity index (χ2n) is 5.06. The first kappa shape index (κ1) is 15.5. The molecule has 0 saturated carbocycles. The fourth-order valence-electron chi connectivity index (χ4n) is 2.39. The van der Waals surface area contributed by atoms with Gasteiger partial charge in [-0.1, -0.05) is 40.2 Å². The molecule has 4 nitrogen and oxygen atoms in total. The van der Waals surface area contributed by atoms with Crippen molar-refractivity contribution in [3.8, 4) is 0 Å². The van der Waals surface area contributed by atoms with Crippen LogP contribution < -0.4 is 5.43 Å². The van der Waals surface area contributed by atoms with E-state index in [-0.39, 0.29) is 5.43 Å². The molecule has 3 rings (SSSR count). The fraction of sp³-hybridized carbons (Fsp3) is 0.111. The molecule has 5 heteroatoms. The number of hydrogen-bond donors (Lipinski definition) is 0. The number of carbonyl (C=O) groups excluding carboxylic acids is 1. The predicted octanol–water partition coefficient (Wildman–Crippen LogP) is 4.21. The van der Waals surface area contributed by atoms with Crippen molar-refractivity contribution in [1.82, 2.24) is 0 Å². The van der Waals surface area contributed by atoms with Gasteiger partial charge in [0.05, 0.1) is 10.9 Å². The zero-order valence-electron chi connectivity index (χ0n) is 12.3. The molecule has 0 amide bonds. The molecule has 0 radical (unpaired) electrons. The van der Waals surface area contributed by atoms with Gasteiger partial charge in [0.15, 0.2) is 11.5 Å². The molecule has 0 aliphatic rings. The number of ether oxygens (including phenoxy) is 1. The normalized spacial score (nSPS) is 12.1. The van der Waals surface area contributed by atoms with E-state index in [0.29, 0.717) is 22.1 Å². The van der Waals surface area contributed by atoms with Gasteiger partial charge in [0.2, 0.25) is 0 Å². The maximum Gasteiger partial charge on any atom is 0.303 e. The Morgan fingerprint density at radius 2 is 1.83 bits per heavy atom. The Morgan fingerprint density at radius 1 is 1.13 bits per heavy atom. The molecule has 2 aromatic carbocycles. The summed E-state index contributed by atoms with van der Waals surface area (Å²) in [5.41, 5.74) is 1.28. The number of fused-ring (bicyclic) bond motifs is 1. The van der Waals surface area contributed by atoms with Crippen LogP contribution in [-0.2, 0) is 9.53 Å². The lowest BCUT2D eigenvalue weighted by atomic mass is 10.0. The van der Waals surface area contributed by atoms with Crippen LogP contribution in [0.5, 0.6) is 0 Å². The van der Waals surface area contributed by atoms with Crippen LogP contribution in [0.15, 0.2) is 68.5 Å². The highest BCUT2D eigenvalue weighted by Crippen LogP contribution is 2.27. The Kier molecular flexibility index (Phi) is 4.30. The molecule has 1 heterocycles. The molecule has 1 unspecified atom stereocenters. The van der Waals surface area contributed by atoms with Crippen LogP contribution in [0, 0.1) is 0 Å². The van der Waals surface area contributed by atoms with Gasteiger partial charge in [0.25, 0.3) is 0 Å². The van der Waals surface area contributed by atoms with Crippen molar-refractivity contribution in [1.29, 1.82) is 0 Å². The second-order valence-corrected chi connectivity index (χ2v) is 5.97. The Labute approximate surface area is 140 Å². The van der Waals surface area contributed by atoms with Gasteiger partial charge in [0, 0.05) is 11.4 Å². The molecule has 0 aliphatic heterocycles. The number of carbonyl (C=O) groups is 1. The van der Waals surface area contributed by atoms with Crippen molar-refractivity contribution in [2.75, 3.05) is 0 Å². The summed E-state index contributed by atoms with van der Waals surface area (Å²) in [4.78, 5) is 24.2. The van der Waals surface area contributed by atoms with E-state index in [1.54, 1.807) is 36.4 Å². The first-order chi connectivity index (χ1) is 11.1. The lowest BCUT2D eigenvalue weighted by molar-refractivity contribution is -0.144. The number of halogens is 1. The summed E-state index contributed by atoms with van der Waals surface area (Å²) in [6, 6.07) is 14.2. The summed E-state index contributed by atoms with van der Waals surface area (Å²) in [5, 5.41) is 0.458. The maximum atomic E-state index is 12.7. The molecule has 0 aliphatic carbocycles. The Balaban J connectivity index is 2.17. The van der Waals surface area contributed by atoms with E-state index < -0.39 is 12.1 Å². The Morgan fingerprint density at radius 3 is 2.52 bits per heavy atom. The summed E-state index contributed by atoms with van der Waals surface area (Å²) in [7, 11) is 0. The van der Waals surface area contributed by atoms with Gasteiger partial charge in [-0.3, -0.25) is 9.59 Å². The standard InChI is InChI=1S/C18H13BrO4/c1-11(20)23-18(12-6-8-13(19)9-7-12)15-10-22-16-5-3-2-4-14(16)17(15)21/h2-10,18H,1H3. The van der Waals surface area contributed by atoms with Gasteiger partial charge < -0.3 is 9.15 Å². The molecule has 1 atom stereocenters. The minimum Gasteiger partial charge on any atom is -0.464 e. The monoisotopic (exact) mass is 372 g/mol. The molecular weight excluding hydrogens is 360 g/mol. The number of hydrogen-bond acceptors (Lipinski definition) is 4. The second kappa shape index (κ2) is 6.38. The van der Waals surface area contributed by atoms with Crippen LogP contribution in [0.1, 0.15) is 24.2 Å². The molecule has 0 fully saturated rings. The van der Waals surface area contributed by atoms with Crippen LogP contribution in [0.4, 0.5) is 0 Å². The molecule has 0 saturated heterocycles. The molecule has 1 aromatic heterocycles. The summed E-state index contributed by atoms with van der Waals surface area (Å²) >= 11 is 3.36. The molecule has 0 bridgehead atoms. The van der Waals surface area contributed by atoms with Crippen LogP contribution in [-0.4, -0.2) is 5.97 Å². The molecule has 0 N–H and O–H groups in total. The number of benzene rings is 2. The van der Waals surface area contributed by atoms with E-state index in [1.165, 1.54) is 13.2 Å². The highest BCUT2D eigenvalue weighted by Gasteiger charge is 2.22. The first-order valence-electron chi connectivity index (χ1n) is 6.99. The number of esters is 1. The predicted molar refractivity (Wildman–Crippen MR) is 90.2 cm³/mol. The average molecular weight is 373 g/mol. The van der Waals surface area contributed by atoms with Gasteiger partial charge in [-0.25, -0.2) is 0 Å². The molecule has 23 heavy (non-hydrogen) atoms. The highest BCUT2D eigenvalue weighted by molar-refractivity contribution is 9.10. The fourth-order valence-corrected chi connectivity index (χ4v) is 2.65. The van der Waals surface area contributed by atoms with Crippen LogP contribution in [0.25, 0.3) is 11.0 Å². The van der Waals surface area contributed by atoms with E-state index in [2.05, 4.69) is 15.9 Å². The van der Waals surface area contributed by atoms with Gasteiger partial charge in [0.1, 0.15) is 11.8 Å². The van der Waals surface area contributed by atoms with Gasteiger partial charge in [-0.05, 0) is 29.8 Å². The van der Waals surface area contributed by atoms with Crippen LogP contribution >= 0.6 is 15.9 Å². The van der Waals surface area contributed by atoms with Crippen LogP contribution in [0.3, 0.4) is 0 Å².